The Labute approximate surface area is 253 Å². The molecule has 0 bridgehead atoms. The molecule has 4 rings (SSSR count). The molecule has 40 heavy (non-hydrogen) atoms. The summed E-state index contributed by atoms with van der Waals surface area (Å²) in [5, 5.41) is 4.17. The number of ether oxygens (including phenoxy) is 1. The first kappa shape index (κ1) is 30.3. The number of carbonyl (C=O) groups excluding carboxylic acids is 1. The van der Waals surface area contributed by atoms with Gasteiger partial charge in [0.25, 0.3) is 0 Å². The van der Waals surface area contributed by atoms with Crippen LogP contribution in [-0.4, -0.2) is 35.8 Å². The summed E-state index contributed by atoms with van der Waals surface area (Å²) < 4.78 is 2.99. The molecule has 0 fully saturated rings. The zero-order valence-corrected chi connectivity index (χ0v) is 26.9. The molecule has 0 heterocycles. The van der Waals surface area contributed by atoms with Gasteiger partial charge in [-0.3, -0.25) is 0 Å². The third-order valence-electron chi connectivity index (χ3n) is 7.30. The second-order valence-electron chi connectivity index (χ2n) is 11.3. The van der Waals surface area contributed by atoms with Gasteiger partial charge in [0.05, 0.1) is 0 Å². The van der Waals surface area contributed by atoms with Crippen molar-refractivity contribution in [1.29, 1.82) is 0 Å². The normalized spacial score (nSPS) is 12.8. The number of amides is 1. The Morgan fingerprint density at radius 3 is 1.52 bits per heavy atom. The molecule has 0 aliphatic carbocycles. The molecule has 0 aliphatic rings. The number of benzene rings is 4. The fourth-order valence-electron chi connectivity index (χ4n) is 5.29. The summed E-state index contributed by atoms with van der Waals surface area (Å²) in [6.07, 6.45) is 3.49. The minimum atomic E-state index is -2.82. The van der Waals surface area contributed by atoms with Gasteiger partial charge in [-0.15, -0.1) is 0 Å². The zero-order valence-electron chi connectivity index (χ0n) is 23.9. The Hall–Kier alpha value is -2.69. The Morgan fingerprint density at radius 2 is 1.10 bits per heavy atom. The number of unbranched alkanes of at least 4 members (excludes halogenated alkanes) is 1. The van der Waals surface area contributed by atoms with Crippen LogP contribution in [0.5, 0.6) is 0 Å². The summed E-state index contributed by atoms with van der Waals surface area (Å²) in [4.78, 5) is 15.1. The van der Waals surface area contributed by atoms with Crippen molar-refractivity contribution in [2.24, 2.45) is 0 Å². The van der Waals surface area contributed by atoms with Crippen LogP contribution in [0.4, 0.5) is 4.79 Å². The number of rotatable bonds is 11. The van der Waals surface area contributed by atoms with Crippen LogP contribution in [0.15, 0.2) is 121 Å². The molecule has 3 nitrogen and oxygen atoms in total. The average Bonchev–Trinajstić information content (AvgIpc) is 2.97. The van der Waals surface area contributed by atoms with Gasteiger partial charge in [-0.25, -0.2) is 0 Å². The van der Waals surface area contributed by atoms with Crippen molar-refractivity contribution >= 4 is 48.3 Å². The van der Waals surface area contributed by atoms with E-state index in [0.717, 1.165) is 25.4 Å². The molecule has 4 aromatic rings. The van der Waals surface area contributed by atoms with E-state index in [0.29, 0.717) is 13.1 Å². The van der Waals surface area contributed by atoms with Gasteiger partial charge in [0.15, 0.2) is 0 Å². The summed E-state index contributed by atoms with van der Waals surface area (Å²) in [7, 11) is 0. The number of hydrogen-bond acceptors (Lipinski definition) is 2. The second kappa shape index (κ2) is 13.3. The average molecular weight is 666 g/mol. The van der Waals surface area contributed by atoms with Crippen LogP contribution in [-0.2, 0) is 11.2 Å². The topological polar surface area (TPSA) is 29.5 Å². The summed E-state index contributed by atoms with van der Waals surface area (Å²) in [6, 6.07) is 43.4. The van der Waals surface area contributed by atoms with Gasteiger partial charge in [-0.2, -0.15) is 0 Å². The molecular weight excluding hydrogens is 624 g/mol. The van der Waals surface area contributed by atoms with Crippen LogP contribution in [0.3, 0.4) is 0 Å². The summed E-state index contributed by atoms with van der Waals surface area (Å²) in [6.45, 7) is 7.10. The van der Waals surface area contributed by atoms with E-state index in [1.165, 1.54) is 21.5 Å². The molecule has 0 aromatic heterocycles. The quantitative estimate of drug-likeness (QED) is 0.0921. The van der Waals surface area contributed by atoms with Crippen LogP contribution in [0.1, 0.15) is 39.2 Å². The predicted octanol–water partition coefficient (Wildman–Crippen LogP) is 8.13. The molecule has 210 valence electrons. The number of carbonyl (C=O) groups is 1. The van der Waals surface area contributed by atoms with Gasteiger partial charge < -0.3 is 0 Å². The van der Waals surface area contributed by atoms with Crippen LogP contribution >= 0.6 is 26.3 Å². The minimum absolute atomic E-state index is 0.232. The van der Waals surface area contributed by atoms with E-state index in [2.05, 4.69) is 125 Å². The first-order valence-corrected chi connectivity index (χ1v) is 19.3. The van der Waals surface area contributed by atoms with Crippen molar-refractivity contribution in [3.63, 3.8) is 0 Å². The Bertz CT molecular complexity index is 1240. The van der Waals surface area contributed by atoms with E-state index in [1.807, 2.05) is 43.9 Å². The molecule has 0 spiro atoms. The Balaban J connectivity index is 1.60. The van der Waals surface area contributed by atoms with Crippen LogP contribution in [0, 0.1) is 0 Å². The molecule has 4 aromatic carbocycles. The molecule has 0 N–H and O–H groups in total. The van der Waals surface area contributed by atoms with Gasteiger partial charge in [-0.05, 0) is 0 Å². The summed E-state index contributed by atoms with van der Waals surface area (Å²) in [5.74, 6) is 0. The Kier molecular flexibility index (Phi) is 10.1. The van der Waals surface area contributed by atoms with Crippen molar-refractivity contribution in [1.82, 2.24) is 4.90 Å². The van der Waals surface area contributed by atoms with Crippen molar-refractivity contribution in [3.05, 3.63) is 127 Å². The van der Waals surface area contributed by atoms with Crippen molar-refractivity contribution in [2.45, 2.75) is 45.6 Å². The molecular formula is C35H41INO2P. The molecule has 0 saturated carbocycles. The van der Waals surface area contributed by atoms with E-state index in [9.17, 15) is 4.79 Å². The fraction of sp³-hybridized carbons (Fsp3) is 0.286. The van der Waals surface area contributed by atoms with Crippen molar-refractivity contribution in [2.75, 3.05) is 19.3 Å². The SMILES string of the molecule is CC(C)(C)OC(=O)N(CCCCP(I)(c1ccccc1)(c1ccccc1)c1ccccc1)CCc1ccccc1. The van der Waals surface area contributed by atoms with Crippen LogP contribution in [0.2, 0.25) is 0 Å². The van der Waals surface area contributed by atoms with Gasteiger partial charge >= 0.3 is 255 Å². The van der Waals surface area contributed by atoms with E-state index < -0.39 is 9.85 Å². The van der Waals surface area contributed by atoms with Gasteiger partial charge in [-0.1, -0.05) is 0 Å². The standard InChI is InChI=1S/C35H41INO2P/c1-35(2,3)39-34(38)37(28-26-30-18-8-4-9-19-30)27-16-17-29-40(36,31-20-10-5-11-21-31,32-22-12-6-13-23-32)33-24-14-7-15-25-33/h4-15,18-25H,16-17,26-29H2,1-3H3. The van der Waals surface area contributed by atoms with Crippen molar-refractivity contribution in [3.8, 4) is 0 Å². The van der Waals surface area contributed by atoms with Gasteiger partial charge in [0, 0.05) is 0 Å². The van der Waals surface area contributed by atoms with Crippen LogP contribution < -0.4 is 15.9 Å². The van der Waals surface area contributed by atoms with E-state index >= 15 is 0 Å². The molecule has 0 radical (unpaired) electrons. The first-order valence-electron chi connectivity index (χ1n) is 14.1. The number of hydrogen-bond donors (Lipinski definition) is 0. The molecule has 5 heteroatoms. The molecule has 1 amide bonds. The van der Waals surface area contributed by atoms with E-state index in [-0.39, 0.29) is 6.09 Å². The molecule has 0 unspecified atom stereocenters. The second-order valence-corrected chi connectivity index (χ2v) is 22.1. The molecule has 0 aliphatic heterocycles. The number of nitrogens with zero attached hydrogens (tertiary/aromatic N) is 1. The molecule has 0 saturated heterocycles. The first-order chi connectivity index (χ1) is 19.2. The third kappa shape index (κ3) is 7.14. The van der Waals surface area contributed by atoms with Gasteiger partial charge in [0.2, 0.25) is 0 Å². The Morgan fingerprint density at radius 1 is 0.675 bits per heavy atom. The maximum absolute atomic E-state index is 13.2. The summed E-state index contributed by atoms with van der Waals surface area (Å²) >= 11 is 2.84. The molecule has 0 atom stereocenters. The third-order valence-corrected chi connectivity index (χ3v) is 19.0. The van der Waals surface area contributed by atoms with Gasteiger partial charge in [0.1, 0.15) is 0 Å². The van der Waals surface area contributed by atoms with Crippen molar-refractivity contribution < 1.29 is 9.53 Å². The summed E-state index contributed by atoms with van der Waals surface area (Å²) in [5.41, 5.74) is 0.703. The van der Waals surface area contributed by atoms with E-state index in [4.69, 9.17) is 4.74 Å². The zero-order chi connectivity index (χ0) is 28.5. The fourth-order valence-corrected chi connectivity index (χ4v) is 14.1. The van der Waals surface area contributed by atoms with E-state index in [1.54, 1.807) is 0 Å². The number of halogens is 1. The maximum atomic E-state index is 13.2. The predicted molar refractivity (Wildman–Crippen MR) is 181 cm³/mol. The van der Waals surface area contributed by atoms with Crippen LogP contribution in [0.25, 0.3) is 0 Å². The monoisotopic (exact) mass is 665 g/mol.